The van der Waals surface area contributed by atoms with Crippen molar-refractivity contribution < 1.29 is 0 Å². The topological polar surface area (TPSA) is 76.8 Å². The summed E-state index contributed by atoms with van der Waals surface area (Å²) in [5, 5.41) is 0. The predicted octanol–water partition coefficient (Wildman–Crippen LogP) is 1.61. The number of rotatable bonds is 1. The zero-order chi connectivity index (χ0) is 12.2. The third kappa shape index (κ3) is 2.05. The highest BCUT2D eigenvalue weighted by atomic mass is 15.2. The molecule has 1 aliphatic rings. The summed E-state index contributed by atoms with van der Waals surface area (Å²) in [6.45, 7) is 5.90. The van der Waals surface area contributed by atoms with E-state index in [-0.39, 0.29) is 5.96 Å². The second-order valence-electron chi connectivity index (χ2n) is 3.41. The minimum absolute atomic E-state index is 0.244. The van der Waals surface area contributed by atoms with Crippen molar-refractivity contribution >= 4 is 11.8 Å². The molecule has 0 radical (unpaired) electrons. The van der Waals surface area contributed by atoms with Gasteiger partial charge in [-0.1, -0.05) is 44.2 Å². The molecule has 0 amide bonds. The summed E-state index contributed by atoms with van der Waals surface area (Å²) in [6, 6.07) is 9.76. The Hall–Kier alpha value is -1.84. The molecule has 4 N–H and O–H groups in total. The van der Waals surface area contributed by atoms with Crippen molar-refractivity contribution in [2.24, 2.45) is 21.5 Å². The highest BCUT2D eigenvalue weighted by molar-refractivity contribution is 6.05. The first kappa shape index (κ1) is 12.2. The summed E-state index contributed by atoms with van der Waals surface area (Å²) >= 11 is 0. The predicted molar refractivity (Wildman–Crippen MR) is 68.4 cm³/mol. The van der Waals surface area contributed by atoms with Crippen LogP contribution in [0.25, 0.3) is 0 Å². The second kappa shape index (κ2) is 4.79. The number of hydrogen-bond acceptors (Lipinski definition) is 4. The molecule has 4 heteroatoms. The van der Waals surface area contributed by atoms with E-state index in [9.17, 15) is 0 Å². The zero-order valence-corrected chi connectivity index (χ0v) is 9.94. The fraction of sp³-hybridized carbons (Fsp3) is 0.333. The second-order valence-corrected chi connectivity index (χ2v) is 3.41. The van der Waals surface area contributed by atoms with Crippen molar-refractivity contribution in [1.29, 1.82) is 0 Å². The van der Waals surface area contributed by atoms with Crippen molar-refractivity contribution in [3.63, 3.8) is 0 Å². The number of benzene rings is 1. The van der Waals surface area contributed by atoms with Crippen molar-refractivity contribution in [2.45, 2.75) is 26.3 Å². The van der Waals surface area contributed by atoms with E-state index in [1.54, 1.807) is 0 Å². The van der Waals surface area contributed by atoms with Crippen LogP contribution >= 0.6 is 0 Å². The van der Waals surface area contributed by atoms with E-state index in [2.05, 4.69) is 9.98 Å². The largest absolute Gasteiger partial charge is 0.385 e. The van der Waals surface area contributed by atoms with Crippen molar-refractivity contribution in [2.75, 3.05) is 0 Å². The molecule has 1 unspecified atom stereocenters. The Morgan fingerprint density at radius 2 is 1.62 bits per heavy atom. The molecule has 1 aromatic carbocycles. The van der Waals surface area contributed by atoms with Crippen LogP contribution in [0.1, 0.15) is 26.3 Å². The lowest BCUT2D eigenvalue weighted by molar-refractivity contribution is 0.687. The van der Waals surface area contributed by atoms with Gasteiger partial charge in [-0.3, -0.25) is 0 Å². The highest BCUT2D eigenvalue weighted by Gasteiger charge is 2.34. The van der Waals surface area contributed by atoms with Gasteiger partial charge in [0, 0.05) is 0 Å². The lowest BCUT2D eigenvalue weighted by atomic mass is 9.92. The molecule has 16 heavy (non-hydrogen) atoms. The smallest absolute Gasteiger partial charge is 0.218 e. The van der Waals surface area contributed by atoms with Crippen LogP contribution in [0.2, 0.25) is 0 Å². The molecule has 1 heterocycles. The average molecular weight is 218 g/mol. The molecule has 1 aliphatic heterocycles. The van der Waals surface area contributed by atoms with Crippen molar-refractivity contribution in [3.8, 4) is 0 Å². The van der Waals surface area contributed by atoms with Crippen molar-refractivity contribution in [1.82, 2.24) is 0 Å². The van der Waals surface area contributed by atoms with Crippen LogP contribution in [-0.2, 0) is 5.54 Å². The summed E-state index contributed by atoms with van der Waals surface area (Å²) in [5.74, 6) is 0.690. The molecule has 1 atom stereocenters. The number of nitrogens with two attached hydrogens (primary N) is 2. The lowest BCUT2D eigenvalue weighted by Gasteiger charge is -2.20. The van der Waals surface area contributed by atoms with Crippen LogP contribution in [-0.4, -0.2) is 11.8 Å². The number of guanidine groups is 1. The lowest BCUT2D eigenvalue weighted by Crippen LogP contribution is -2.34. The number of nitrogens with zero attached hydrogens (tertiary/aromatic N) is 2. The van der Waals surface area contributed by atoms with E-state index in [0.29, 0.717) is 5.84 Å². The van der Waals surface area contributed by atoms with Gasteiger partial charge < -0.3 is 11.5 Å². The van der Waals surface area contributed by atoms with Crippen LogP contribution in [0.3, 0.4) is 0 Å². The first-order valence-electron chi connectivity index (χ1n) is 5.38. The van der Waals surface area contributed by atoms with Crippen LogP contribution in [0, 0.1) is 0 Å². The average Bonchev–Trinajstić information content (AvgIpc) is 2.58. The number of amidine groups is 1. The van der Waals surface area contributed by atoms with Crippen LogP contribution in [0.5, 0.6) is 0 Å². The fourth-order valence-electron chi connectivity index (χ4n) is 1.52. The first-order chi connectivity index (χ1) is 7.63. The molecular weight excluding hydrogens is 200 g/mol. The molecule has 0 spiro atoms. The van der Waals surface area contributed by atoms with Gasteiger partial charge in [0.05, 0.1) is 0 Å². The summed E-state index contributed by atoms with van der Waals surface area (Å²) in [5.41, 5.74) is 11.7. The molecule has 0 bridgehead atoms. The van der Waals surface area contributed by atoms with E-state index in [1.165, 1.54) is 0 Å². The van der Waals surface area contributed by atoms with Gasteiger partial charge in [0.25, 0.3) is 0 Å². The monoisotopic (exact) mass is 218 g/mol. The van der Waals surface area contributed by atoms with Gasteiger partial charge in [-0.05, 0) is 12.5 Å². The molecule has 0 saturated carbocycles. The van der Waals surface area contributed by atoms with Gasteiger partial charge >= 0.3 is 0 Å². The Balaban J connectivity index is 0.000000606. The van der Waals surface area contributed by atoms with Crippen LogP contribution < -0.4 is 11.5 Å². The third-order valence-electron chi connectivity index (χ3n) is 2.41. The number of aliphatic imine (C=N–C) groups is 2. The Kier molecular flexibility index (Phi) is 3.66. The first-order valence-corrected chi connectivity index (χ1v) is 5.38. The Morgan fingerprint density at radius 1 is 1.06 bits per heavy atom. The molecule has 86 valence electrons. The van der Waals surface area contributed by atoms with Gasteiger partial charge in [0.1, 0.15) is 11.4 Å². The maximum Gasteiger partial charge on any atom is 0.218 e. The fourth-order valence-corrected chi connectivity index (χ4v) is 1.52. The molecule has 1 aromatic rings. The summed E-state index contributed by atoms with van der Waals surface area (Å²) in [4.78, 5) is 8.18. The highest BCUT2D eigenvalue weighted by Crippen LogP contribution is 2.28. The standard InChI is InChI=1S/C10H12N4.C2H6/c1-10(7-5-3-2-4-6-7)8(11)13-9(12)14-10;1-2/h2-6H,1H3,(H4,11,12,13,14);1-2H3. The molecule has 0 saturated heterocycles. The quantitative estimate of drug-likeness (QED) is 0.751. The summed E-state index contributed by atoms with van der Waals surface area (Å²) < 4.78 is 0. The molecule has 0 aliphatic carbocycles. The van der Waals surface area contributed by atoms with Gasteiger partial charge in [-0.2, -0.15) is 4.99 Å². The third-order valence-corrected chi connectivity index (χ3v) is 2.41. The van der Waals surface area contributed by atoms with E-state index >= 15 is 0 Å². The van der Waals surface area contributed by atoms with E-state index in [4.69, 9.17) is 11.5 Å². The van der Waals surface area contributed by atoms with Gasteiger partial charge in [-0.25, -0.2) is 4.99 Å². The van der Waals surface area contributed by atoms with E-state index in [1.807, 2.05) is 51.1 Å². The summed E-state index contributed by atoms with van der Waals surface area (Å²) in [7, 11) is 0. The van der Waals surface area contributed by atoms with Gasteiger partial charge in [0.15, 0.2) is 0 Å². The maximum absolute atomic E-state index is 5.79. The SMILES string of the molecule is CC.CC1(c2ccccc2)N=C(N)N=C1N. The van der Waals surface area contributed by atoms with E-state index < -0.39 is 5.54 Å². The Morgan fingerprint density at radius 3 is 2.06 bits per heavy atom. The van der Waals surface area contributed by atoms with Gasteiger partial charge in [0.2, 0.25) is 5.96 Å². The Labute approximate surface area is 96.1 Å². The Bertz CT molecular complexity index is 408. The normalized spacial score (nSPS) is 22.9. The van der Waals surface area contributed by atoms with Crippen LogP contribution in [0.4, 0.5) is 0 Å². The van der Waals surface area contributed by atoms with E-state index in [0.717, 1.165) is 5.56 Å². The molecule has 4 nitrogen and oxygen atoms in total. The maximum atomic E-state index is 5.79. The molecular formula is C12H18N4. The number of hydrogen-bond donors (Lipinski definition) is 2. The molecule has 0 fully saturated rings. The minimum atomic E-state index is -0.592. The molecule has 2 rings (SSSR count). The summed E-state index contributed by atoms with van der Waals surface area (Å²) in [6.07, 6.45) is 0. The zero-order valence-electron chi connectivity index (χ0n) is 9.94. The van der Waals surface area contributed by atoms with Gasteiger partial charge in [-0.15, -0.1) is 0 Å². The van der Waals surface area contributed by atoms with Crippen LogP contribution in [0.15, 0.2) is 40.3 Å². The minimum Gasteiger partial charge on any atom is -0.385 e. The molecule has 0 aromatic heterocycles. The van der Waals surface area contributed by atoms with Crippen molar-refractivity contribution in [3.05, 3.63) is 35.9 Å².